The van der Waals surface area contributed by atoms with Crippen molar-refractivity contribution in [2.75, 3.05) is 23.4 Å². The lowest BCUT2D eigenvalue weighted by Gasteiger charge is -2.26. The summed E-state index contributed by atoms with van der Waals surface area (Å²) in [5.74, 6) is -0.365. The van der Waals surface area contributed by atoms with Crippen molar-refractivity contribution >= 4 is 45.5 Å². The van der Waals surface area contributed by atoms with Gasteiger partial charge in [-0.15, -0.1) is 0 Å². The van der Waals surface area contributed by atoms with Gasteiger partial charge >= 0.3 is 6.03 Å². The number of carbonyl (C=O) groups excluding carboxylic acids is 3. The zero-order valence-electron chi connectivity index (χ0n) is 16.6. The molecule has 0 unspecified atom stereocenters. The second-order valence-electron chi connectivity index (χ2n) is 6.47. The number of nitrogens with one attached hydrogen (secondary N) is 1. The van der Waals surface area contributed by atoms with Gasteiger partial charge in [0.05, 0.1) is 18.9 Å². The first-order valence-corrected chi connectivity index (χ1v) is 10.5. The third-order valence-electron chi connectivity index (χ3n) is 4.27. The number of imide groups is 2. The smallest absolute Gasteiger partial charge is 0.335 e. The molecule has 3 rings (SSSR count). The van der Waals surface area contributed by atoms with E-state index in [9.17, 15) is 14.4 Å². The first kappa shape index (κ1) is 21.6. The van der Waals surface area contributed by atoms with Crippen molar-refractivity contribution in [2.24, 2.45) is 0 Å². The molecule has 2 aromatic rings. The molecule has 0 aliphatic carbocycles. The van der Waals surface area contributed by atoms with Crippen molar-refractivity contribution in [2.45, 2.75) is 13.8 Å². The van der Waals surface area contributed by atoms with Gasteiger partial charge in [0.2, 0.25) is 0 Å². The highest BCUT2D eigenvalue weighted by molar-refractivity contribution is 9.09. The Bertz CT molecular complexity index is 1020. The summed E-state index contributed by atoms with van der Waals surface area (Å²) in [6.07, 6.45) is 1.43. The average molecular weight is 473 g/mol. The van der Waals surface area contributed by atoms with Gasteiger partial charge in [-0.3, -0.25) is 14.9 Å². The summed E-state index contributed by atoms with van der Waals surface area (Å²) in [6.45, 7) is 4.60. The number of rotatable bonds is 7. The molecule has 0 atom stereocenters. The van der Waals surface area contributed by atoms with Crippen LogP contribution in [0.15, 0.2) is 48.0 Å². The van der Waals surface area contributed by atoms with E-state index in [1.807, 2.05) is 19.9 Å². The van der Waals surface area contributed by atoms with Crippen molar-refractivity contribution < 1.29 is 23.9 Å². The van der Waals surface area contributed by atoms with Gasteiger partial charge in [-0.05, 0) is 55.3 Å². The van der Waals surface area contributed by atoms with Gasteiger partial charge in [0.25, 0.3) is 11.8 Å². The zero-order valence-corrected chi connectivity index (χ0v) is 18.2. The van der Waals surface area contributed by atoms with Crippen molar-refractivity contribution in [1.29, 1.82) is 0 Å². The van der Waals surface area contributed by atoms with Crippen LogP contribution >= 0.6 is 15.9 Å². The van der Waals surface area contributed by atoms with Crippen molar-refractivity contribution in [3.05, 3.63) is 59.2 Å². The number of halogens is 1. The lowest BCUT2D eigenvalue weighted by Crippen LogP contribution is -2.54. The van der Waals surface area contributed by atoms with Crippen LogP contribution in [0.1, 0.15) is 18.1 Å². The summed E-state index contributed by atoms with van der Waals surface area (Å²) in [5, 5.41) is 2.89. The molecule has 0 radical (unpaired) electrons. The average Bonchev–Trinajstić information content (AvgIpc) is 2.70. The topological polar surface area (TPSA) is 84.9 Å². The van der Waals surface area contributed by atoms with Gasteiger partial charge in [-0.25, -0.2) is 9.69 Å². The fourth-order valence-corrected chi connectivity index (χ4v) is 3.14. The van der Waals surface area contributed by atoms with Crippen LogP contribution in [0.25, 0.3) is 6.08 Å². The lowest BCUT2D eigenvalue weighted by molar-refractivity contribution is -0.122. The fraction of sp³-hybridized carbons (Fsp3) is 0.227. The highest BCUT2D eigenvalue weighted by atomic mass is 79.9. The Labute approximate surface area is 182 Å². The van der Waals surface area contributed by atoms with Gasteiger partial charge in [-0.1, -0.05) is 34.1 Å². The van der Waals surface area contributed by atoms with Crippen LogP contribution in [-0.2, 0) is 9.59 Å². The Morgan fingerprint density at radius 3 is 2.57 bits per heavy atom. The largest absolute Gasteiger partial charge is 0.490 e. The Balaban J connectivity index is 1.96. The molecule has 30 heavy (non-hydrogen) atoms. The highest BCUT2D eigenvalue weighted by Crippen LogP contribution is 2.30. The van der Waals surface area contributed by atoms with E-state index in [1.165, 1.54) is 6.08 Å². The number of hydrogen-bond donors (Lipinski definition) is 1. The first-order valence-electron chi connectivity index (χ1n) is 9.38. The number of benzene rings is 2. The number of urea groups is 1. The Kier molecular flexibility index (Phi) is 6.89. The van der Waals surface area contributed by atoms with E-state index in [0.29, 0.717) is 41.3 Å². The van der Waals surface area contributed by atoms with Crippen LogP contribution in [0.2, 0.25) is 0 Å². The van der Waals surface area contributed by atoms with Crippen LogP contribution in [0.4, 0.5) is 10.5 Å². The number of carbonyl (C=O) groups is 3. The molecule has 1 fully saturated rings. The minimum atomic E-state index is -0.777. The number of amides is 4. The normalized spacial score (nSPS) is 15.4. The molecular formula is C22H21BrN2O5. The molecule has 1 saturated heterocycles. The second kappa shape index (κ2) is 9.58. The van der Waals surface area contributed by atoms with E-state index in [4.69, 9.17) is 9.47 Å². The van der Waals surface area contributed by atoms with Gasteiger partial charge in [-0.2, -0.15) is 0 Å². The van der Waals surface area contributed by atoms with Crippen LogP contribution < -0.4 is 19.7 Å². The summed E-state index contributed by atoms with van der Waals surface area (Å²) in [4.78, 5) is 38.6. The number of anilines is 1. The lowest BCUT2D eigenvalue weighted by atomic mass is 10.1. The summed E-state index contributed by atoms with van der Waals surface area (Å²) in [6, 6.07) is 11.3. The molecule has 7 nitrogen and oxygen atoms in total. The molecule has 0 spiro atoms. The van der Waals surface area contributed by atoms with Crippen molar-refractivity contribution in [3.63, 3.8) is 0 Å². The summed E-state index contributed by atoms with van der Waals surface area (Å²) in [7, 11) is 0. The fourth-order valence-electron chi connectivity index (χ4n) is 2.98. The number of barbiturate groups is 1. The molecule has 1 heterocycles. The molecule has 2 aromatic carbocycles. The third kappa shape index (κ3) is 4.71. The predicted molar refractivity (Wildman–Crippen MR) is 117 cm³/mol. The maximum absolute atomic E-state index is 13.0. The SMILES string of the molecule is CCOc1cc(C=C2C(=O)NC(=O)N(c3cccc(C)c3)C2=O)ccc1OCCBr. The van der Waals surface area contributed by atoms with Crippen LogP contribution in [-0.4, -0.2) is 36.4 Å². The first-order chi connectivity index (χ1) is 14.4. The summed E-state index contributed by atoms with van der Waals surface area (Å²) in [5.41, 5.74) is 1.70. The number of nitrogens with zero attached hydrogens (tertiary/aromatic N) is 1. The molecular weight excluding hydrogens is 452 g/mol. The van der Waals surface area contributed by atoms with Gasteiger partial charge < -0.3 is 9.47 Å². The van der Waals surface area contributed by atoms with Gasteiger partial charge in [0.15, 0.2) is 11.5 Å². The number of alkyl halides is 1. The molecule has 0 aromatic heterocycles. The maximum atomic E-state index is 13.0. The standard InChI is InChI=1S/C22H21BrN2O5/c1-3-29-19-13-15(7-8-18(19)30-10-9-23)12-17-20(26)24-22(28)25(21(17)27)16-6-4-5-14(2)11-16/h4-8,11-13H,3,9-10H2,1-2H3,(H,24,26,28). The van der Waals surface area contributed by atoms with Crippen molar-refractivity contribution in [3.8, 4) is 11.5 Å². The van der Waals surface area contributed by atoms with E-state index in [1.54, 1.807) is 36.4 Å². The van der Waals surface area contributed by atoms with Crippen LogP contribution in [0, 0.1) is 6.92 Å². The Morgan fingerprint density at radius 2 is 1.87 bits per heavy atom. The van der Waals surface area contributed by atoms with E-state index in [-0.39, 0.29) is 5.57 Å². The van der Waals surface area contributed by atoms with E-state index < -0.39 is 17.8 Å². The molecule has 1 aliphatic heterocycles. The van der Waals surface area contributed by atoms with Gasteiger partial charge in [0.1, 0.15) is 5.57 Å². The monoisotopic (exact) mass is 472 g/mol. The highest BCUT2D eigenvalue weighted by Gasteiger charge is 2.36. The molecule has 156 valence electrons. The molecule has 0 saturated carbocycles. The molecule has 4 amide bonds. The molecule has 1 aliphatic rings. The van der Waals surface area contributed by atoms with E-state index in [0.717, 1.165) is 10.5 Å². The zero-order chi connectivity index (χ0) is 21.7. The maximum Gasteiger partial charge on any atom is 0.335 e. The quantitative estimate of drug-likeness (QED) is 0.376. The van der Waals surface area contributed by atoms with E-state index in [2.05, 4.69) is 21.2 Å². The van der Waals surface area contributed by atoms with Crippen LogP contribution in [0.5, 0.6) is 11.5 Å². The third-order valence-corrected chi connectivity index (χ3v) is 4.60. The van der Waals surface area contributed by atoms with Crippen LogP contribution in [0.3, 0.4) is 0 Å². The minimum absolute atomic E-state index is 0.146. The van der Waals surface area contributed by atoms with Gasteiger partial charge in [0, 0.05) is 5.33 Å². The predicted octanol–water partition coefficient (Wildman–Crippen LogP) is 3.83. The molecule has 0 bridgehead atoms. The van der Waals surface area contributed by atoms with E-state index >= 15 is 0 Å². The molecule has 1 N–H and O–H groups in total. The summed E-state index contributed by atoms with van der Waals surface area (Å²) >= 11 is 3.31. The summed E-state index contributed by atoms with van der Waals surface area (Å²) < 4.78 is 11.3. The number of hydrogen-bond acceptors (Lipinski definition) is 5. The van der Waals surface area contributed by atoms with Crippen molar-refractivity contribution in [1.82, 2.24) is 5.32 Å². The second-order valence-corrected chi connectivity index (χ2v) is 7.27. The molecule has 8 heteroatoms. The minimum Gasteiger partial charge on any atom is -0.490 e. The Hall–Kier alpha value is -3.13. The number of aryl methyl sites for hydroxylation is 1. The number of ether oxygens (including phenoxy) is 2. The Morgan fingerprint density at radius 1 is 1.07 bits per heavy atom.